The van der Waals surface area contributed by atoms with Crippen molar-refractivity contribution in [2.45, 2.75) is 6.54 Å². The Hall–Kier alpha value is -3.14. The number of amides is 1. The van der Waals surface area contributed by atoms with Crippen molar-refractivity contribution in [1.82, 2.24) is 10.3 Å². The summed E-state index contributed by atoms with van der Waals surface area (Å²) in [6.45, 7) is 0.453. The first kappa shape index (κ1) is 14.8. The van der Waals surface area contributed by atoms with Gasteiger partial charge in [0.2, 0.25) is 0 Å². The molecule has 114 valence electrons. The smallest absolute Gasteiger partial charge is 0.251 e. The molecule has 0 bridgehead atoms. The van der Waals surface area contributed by atoms with Crippen LogP contribution in [0.2, 0.25) is 0 Å². The van der Waals surface area contributed by atoms with Crippen LogP contribution >= 0.6 is 0 Å². The van der Waals surface area contributed by atoms with Crippen molar-refractivity contribution >= 4 is 5.91 Å². The van der Waals surface area contributed by atoms with Crippen LogP contribution in [0, 0.1) is 0 Å². The molecule has 4 nitrogen and oxygen atoms in total. The molecule has 1 N–H and O–H groups in total. The Morgan fingerprint density at radius 3 is 2.35 bits per heavy atom. The highest BCUT2D eigenvalue weighted by molar-refractivity contribution is 5.94. The van der Waals surface area contributed by atoms with Gasteiger partial charge in [0.05, 0.1) is 0 Å². The van der Waals surface area contributed by atoms with Gasteiger partial charge in [0, 0.05) is 24.5 Å². The lowest BCUT2D eigenvalue weighted by molar-refractivity contribution is 0.0951. The monoisotopic (exact) mass is 304 g/mol. The molecule has 0 aliphatic heterocycles. The van der Waals surface area contributed by atoms with Gasteiger partial charge >= 0.3 is 0 Å². The molecule has 3 rings (SSSR count). The average molecular weight is 304 g/mol. The highest BCUT2D eigenvalue weighted by Crippen LogP contribution is 2.21. The SMILES string of the molecule is O=C(NCc1cccnc1)c1ccc(Oc2ccccc2)cc1. The predicted molar refractivity (Wildman–Crippen MR) is 88.4 cm³/mol. The first-order chi connectivity index (χ1) is 11.3. The molecule has 4 heteroatoms. The molecule has 0 spiro atoms. The molecule has 1 aromatic heterocycles. The second-order valence-electron chi connectivity index (χ2n) is 4.98. The number of pyridine rings is 1. The minimum absolute atomic E-state index is 0.125. The van der Waals surface area contributed by atoms with Gasteiger partial charge in [-0.05, 0) is 48.0 Å². The second-order valence-corrected chi connectivity index (χ2v) is 4.98. The van der Waals surface area contributed by atoms with E-state index < -0.39 is 0 Å². The van der Waals surface area contributed by atoms with Crippen LogP contribution in [0.5, 0.6) is 11.5 Å². The van der Waals surface area contributed by atoms with E-state index in [4.69, 9.17) is 4.74 Å². The average Bonchev–Trinajstić information content (AvgIpc) is 2.62. The number of nitrogens with zero attached hydrogens (tertiary/aromatic N) is 1. The van der Waals surface area contributed by atoms with Crippen LogP contribution < -0.4 is 10.1 Å². The number of nitrogens with one attached hydrogen (secondary N) is 1. The lowest BCUT2D eigenvalue weighted by Gasteiger charge is -2.07. The third-order valence-corrected chi connectivity index (χ3v) is 3.27. The fourth-order valence-electron chi connectivity index (χ4n) is 2.09. The molecule has 0 radical (unpaired) electrons. The number of hydrogen-bond donors (Lipinski definition) is 1. The van der Waals surface area contributed by atoms with Crippen LogP contribution in [0.4, 0.5) is 0 Å². The van der Waals surface area contributed by atoms with E-state index >= 15 is 0 Å². The van der Waals surface area contributed by atoms with E-state index in [2.05, 4.69) is 10.3 Å². The molecule has 0 atom stereocenters. The maximum absolute atomic E-state index is 12.1. The number of rotatable bonds is 5. The van der Waals surface area contributed by atoms with Gasteiger partial charge in [0.25, 0.3) is 5.91 Å². The summed E-state index contributed by atoms with van der Waals surface area (Å²) >= 11 is 0. The van der Waals surface area contributed by atoms with Crippen molar-refractivity contribution in [3.63, 3.8) is 0 Å². The second kappa shape index (κ2) is 7.22. The van der Waals surface area contributed by atoms with Crippen molar-refractivity contribution in [3.05, 3.63) is 90.3 Å². The number of aromatic nitrogens is 1. The molecule has 0 saturated carbocycles. The van der Waals surface area contributed by atoms with Crippen LogP contribution in [0.1, 0.15) is 15.9 Å². The molecular formula is C19H16N2O2. The Balaban J connectivity index is 1.59. The van der Waals surface area contributed by atoms with E-state index in [1.807, 2.05) is 42.5 Å². The van der Waals surface area contributed by atoms with Crippen molar-refractivity contribution in [1.29, 1.82) is 0 Å². The maximum atomic E-state index is 12.1. The third-order valence-electron chi connectivity index (χ3n) is 3.27. The van der Waals surface area contributed by atoms with Crippen molar-refractivity contribution in [2.75, 3.05) is 0 Å². The van der Waals surface area contributed by atoms with Gasteiger partial charge in [0.15, 0.2) is 0 Å². The largest absolute Gasteiger partial charge is 0.457 e. The standard InChI is InChI=1S/C19H16N2O2/c22-19(21-14-15-5-4-12-20-13-15)16-8-10-18(11-9-16)23-17-6-2-1-3-7-17/h1-13H,14H2,(H,21,22). The summed E-state index contributed by atoms with van der Waals surface area (Å²) in [5, 5.41) is 2.86. The molecule has 23 heavy (non-hydrogen) atoms. The molecule has 0 unspecified atom stereocenters. The highest BCUT2D eigenvalue weighted by Gasteiger charge is 2.06. The Bertz CT molecular complexity index is 756. The minimum atomic E-state index is -0.125. The Morgan fingerprint density at radius 1 is 0.913 bits per heavy atom. The van der Waals surface area contributed by atoms with Crippen LogP contribution in [0.3, 0.4) is 0 Å². The van der Waals surface area contributed by atoms with Crippen LogP contribution in [-0.2, 0) is 6.54 Å². The summed E-state index contributed by atoms with van der Waals surface area (Å²) in [4.78, 5) is 16.1. The maximum Gasteiger partial charge on any atom is 0.251 e. The molecule has 3 aromatic rings. The van der Waals surface area contributed by atoms with Gasteiger partial charge in [-0.25, -0.2) is 0 Å². The van der Waals surface area contributed by atoms with Gasteiger partial charge in [-0.1, -0.05) is 24.3 Å². The van der Waals surface area contributed by atoms with Crippen molar-refractivity contribution < 1.29 is 9.53 Å². The molecular weight excluding hydrogens is 288 g/mol. The quantitative estimate of drug-likeness (QED) is 0.780. The van der Waals surface area contributed by atoms with E-state index in [0.29, 0.717) is 17.9 Å². The number of benzene rings is 2. The number of carbonyl (C=O) groups is 1. The van der Waals surface area contributed by atoms with Crippen molar-refractivity contribution in [3.8, 4) is 11.5 Å². The Morgan fingerprint density at radius 2 is 1.65 bits per heavy atom. The van der Waals surface area contributed by atoms with Gasteiger partial charge < -0.3 is 10.1 Å². The third kappa shape index (κ3) is 4.17. The molecule has 0 aliphatic rings. The van der Waals surface area contributed by atoms with E-state index in [0.717, 1.165) is 11.3 Å². The van der Waals surface area contributed by atoms with Crippen LogP contribution in [-0.4, -0.2) is 10.9 Å². The van der Waals surface area contributed by atoms with Gasteiger partial charge in [-0.2, -0.15) is 0 Å². The zero-order chi connectivity index (χ0) is 15.9. The van der Waals surface area contributed by atoms with Gasteiger partial charge in [-0.15, -0.1) is 0 Å². The zero-order valence-corrected chi connectivity index (χ0v) is 12.5. The van der Waals surface area contributed by atoms with E-state index in [1.165, 1.54) is 0 Å². The van der Waals surface area contributed by atoms with E-state index in [-0.39, 0.29) is 5.91 Å². The summed E-state index contributed by atoms with van der Waals surface area (Å²) in [6.07, 6.45) is 3.44. The Labute approximate surface area is 134 Å². The molecule has 2 aromatic carbocycles. The highest BCUT2D eigenvalue weighted by atomic mass is 16.5. The van der Waals surface area contributed by atoms with Gasteiger partial charge in [0.1, 0.15) is 11.5 Å². The van der Waals surface area contributed by atoms with Gasteiger partial charge in [-0.3, -0.25) is 9.78 Å². The molecule has 0 aliphatic carbocycles. The predicted octanol–water partition coefficient (Wildman–Crippen LogP) is 3.80. The zero-order valence-electron chi connectivity index (χ0n) is 12.5. The van der Waals surface area contributed by atoms with Crippen molar-refractivity contribution in [2.24, 2.45) is 0 Å². The first-order valence-corrected chi connectivity index (χ1v) is 7.31. The Kier molecular flexibility index (Phi) is 4.64. The van der Waals surface area contributed by atoms with Crippen LogP contribution in [0.15, 0.2) is 79.1 Å². The lowest BCUT2D eigenvalue weighted by atomic mass is 10.2. The molecule has 0 fully saturated rings. The van der Waals surface area contributed by atoms with E-state index in [9.17, 15) is 4.79 Å². The number of para-hydroxylation sites is 1. The summed E-state index contributed by atoms with van der Waals surface area (Å²) in [6, 6.07) is 20.4. The minimum Gasteiger partial charge on any atom is -0.457 e. The number of ether oxygens (including phenoxy) is 1. The fourth-order valence-corrected chi connectivity index (χ4v) is 2.09. The summed E-state index contributed by atoms with van der Waals surface area (Å²) in [5.41, 5.74) is 1.55. The fraction of sp³-hybridized carbons (Fsp3) is 0.0526. The summed E-state index contributed by atoms with van der Waals surface area (Å²) in [7, 11) is 0. The summed E-state index contributed by atoms with van der Waals surface area (Å²) in [5.74, 6) is 1.33. The normalized spacial score (nSPS) is 10.1. The topological polar surface area (TPSA) is 51.2 Å². The lowest BCUT2D eigenvalue weighted by Crippen LogP contribution is -2.22. The number of carbonyl (C=O) groups excluding carboxylic acids is 1. The first-order valence-electron chi connectivity index (χ1n) is 7.31. The molecule has 0 saturated heterocycles. The summed E-state index contributed by atoms with van der Waals surface area (Å²) < 4.78 is 5.70. The van der Waals surface area contributed by atoms with Crippen LogP contribution in [0.25, 0.3) is 0 Å². The number of hydrogen-bond acceptors (Lipinski definition) is 3. The van der Waals surface area contributed by atoms with E-state index in [1.54, 1.807) is 36.7 Å². The molecule has 1 amide bonds. The molecule has 1 heterocycles.